The van der Waals surface area contributed by atoms with Crippen molar-refractivity contribution in [2.75, 3.05) is 6.61 Å². The topological polar surface area (TPSA) is 52.3 Å². The normalized spacial score (nSPS) is 10.4. The van der Waals surface area contributed by atoms with Crippen LogP contribution in [0, 0.1) is 13.8 Å². The molecule has 0 saturated heterocycles. The van der Waals surface area contributed by atoms with E-state index in [1.165, 1.54) is 0 Å². The third-order valence-electron chi connectivity index (χ3n) is 2.63. The van der Waals surface area contributed by atoms with E-state index < -0.39 is 5.97 Å². The zero-order valence-corrected chi connectivity index (χ0v) is 10.7. The number of aromatic nitrogens is 1. The molecule has 2 aromatic rings. The number of ether oxygens (including phenoxy) is 1. The van der Waals surface area contributed by atoms with E-state index in [0.717, 1.165) is 11.1 Å². The first-order chi connectivity index (χ1) is 8.63. The number of carbonyl (C=O) groups excluding carboxylic acids is 1. The number of aryl methyl sites for hydroxylation is 2. The molecule has 0 bridgehead atoms. The Labute approximate surface area is 106 Å². The van der Waals surface area contributed by atoms with Crippen molar-refractivity contribution in [1.29, 1.82) is 0 Å². The second-order valence-corrected chi connectivity index (χ2v) is 4.05. The molecule has 0 aliphatic carbocycles. The Kier molecular flexibility index (Phi) is 3.46. The molecule has 0 radical (unpaired) electrons. The monoisotopic (exact) mass is 245 g/mol. The molecule has 0 aliphatic rings. The zero-order valence-electron chi connectivity index (χ0n) is 10.7. The first-order valence-electron chi connectivity index (χ1n) is 5.84. The average Bonchev–Trinajstić information content (AvgIpc) is 2.71. The van der Waals surface area contributed by atoms with Gasteiger partial charge in [-0.05, 0) is 26.8 Å². The maximum Gasteiger partial charge on any atom is 0.344 e. The maximum atomic E-state index is 11.9. The lowest BCUT2D eigenvalue weighted by Crippen LogP contribution is -2.06. The van der Waals surface area contributed by atoms with Crippen LogP contribution in [0.1, 0.15) is 28.6 Å². The van der Waals surface area contributed by atoms with Gasteiger partial charge < -0.3 is 9.26 Å². The fourth-order valence-corrected chi connectivity index (χ4v) is 1.81. The van der Waals surface area contributed by atoms with Crippen LogP contribution in [0.5, 0.6) is 0 Å². The highest BCUT2D eigenvalue weighted by atomic mass is 16.5. The highest BCUT2D eigenvalue weighted by Gasteiger charge is 2.22. The molecule has 1 heterocycles. The standard InChI is InChI=1S/C14H15NO3/c1-4-17-14(16)12-10(3)18-15-13(12)11-7-5-6-9(2)8-11/h5-8H,4H2,1-3H3. The summed E-state index contributed by atoms with van der Waals surface area (Å²) >= 11 is 0. The van der Waals surface area contributed by atoms with E-state index in [-0.39, 0.29) is 0 Å². The van der Waals surface area contributed by atoms with Crippen LogP contribution in [0.25, 0.3) is 11.3 Å². The van der Waals surface area contributed by atoms with E-state index in [2.05, 4.69) is 5.16 Å². The average molecular weight is 245 g/mol. The molecule has 4 heteroatoms. The van der Waals surface area contributed by atoms with Gasteiger partial charge in [0.25, 0.3) is 0 Å². The molecule has 0 saturated carbocycles. The molecule has 2 rings (SSSR count). The Balaban J connectivity index is 2.49. The van der Waals surface area contributed by atoms with E-state index in [0.29, 0.717) is 23.6 Å². The first kappa shape index (κ1) is 12.4. The minimum Gasteiger partial charge on any atom is -0.462 e. The summed E-state index contributed by atoms with van der Waals surface area (Å²) in [6.45, 7) is 5.79. The Morgan fingerprint density at radius 3 is 2.83 bits per heavy atom. The quantitative estimate of drug-likeness (QED) is 0.779. The SMILES string of the molecule is CCOC(=O)c1c(-c2cccc(C)c2)noc1C. The third kappa shape index (κ3) is 2.27. The van der Waals surface area contributed by atoms with Crippen LogP contribution >= 0.6 is 0 Å². The number of rotatable bonds is 3. The van der Waals surface area contributed by atoms with Crippen LogP contribution in [0.4, 0.5) is 0 Å². The minimum absolute atomic E-state index is 0.330. The van der Waals surface area contributed by atoms with Crippen molar-refractivity contribution in [2.45, 2.75) is 20.8 Å². The van der Waals surface area contributed by atoms with Crippen LogP contribution in [0.15, 0.2) is 28.8 Å². The van der Waals surface area contributed by atoms with Gasteiger partial charge in [0.15, 0.2) is 0 Å². The number of nitrogens with zero attached hydrogens (tertiary/aromatic N) is 1. The number of benzene rings is 1. The van der Waals surface area contributed by atoms with Crippen LogP contribution in [0.2, 0.25) is 0 Å². The fourth-order valence-electron chi connectivity index (χ4n) is 1.81. The lowest BCUT2D eigenvalue weighted by molar-refractivity contribution is 0.0525. The molecule has 0 amide bonds. The van der Waals surface area contributed by atoms with Gasteiger partial charge in [-0.1, -0.05) is 28.9 Å². The number of esters is 1. The highest BCUT2D eigenvalue weighted by Crippen LogP contribution is 2.26. The summed E-state index contributed by atoms with van der Waals surface area (Å²) in [5.74, 6) is 0.0812. The fraction of sp³-hybridized carbons (Fsp3) is 0.286. The Morgan fingerprint density at radius 2 is 2.17 bits per heavy atom. The van der Waals surface area contributed by atoms with Crippen LogP contribution in [-0.4, -0.2) is 17.7 Å². The van der Waals surface area contributed by atoms with Gasteiger partial charge in [-0.15, -0.1) is 0 Å². The third-order valence-corrected chi connectivity index (χ3v) is 2.63. The van der Waals surface area contributed by atoms with Crippen molar-refractivity contribution in [2.24, 2.45) is 0 Å². The molecule has 0 aliphatic heterocycles. The van der Waals surface area contributed by atoms with Crippen molar-refractivity contribution in [1.82, 2.24) is 5.16 Å². The number of carbonyl (C=O) groups is 1. The van der Waals surface area contributed by atoms with Crippen molar-refractivity contribution in [3.05, 3.63) is 41.2 Å². The Hall–Kier alpha value is -2.10. The summed E-state index contributed by atoms with van der Waals surface area (Å²) in [6.07, 6.45) is 0. The second kappa shape index (κ2) is 5.04. The molecule has 94 valence electrons. The van der Waals surface area contributed by atoms with Gasteiger partial charge in [-0.25, -0.2) is 4.79 Å². The van der Waals surface area contributed by atoms with E-state index in [4.69, 9.17) is 9.26 Å². The van der Waals surface area contributed by atoms with Crippen LogP contribution < -0.4 is 0 Å². The number of hydrogen-bond acceptors (Lipinski definition) is 4. The van der Waals surface area contributed by atoms with Gasteiger partial charge in [-0.2, -0.15) is 0 Å². The second-order valence-electron chi connectivity index (χ2n) is 4.05. The predicted molar refractivity (Wildman–Crippen MR) is 67.4 cm³/mol. The predicted octanol–water partition coefficient (Wildman–Crippen LogP) is 3.14. The van der Waals surface area contributed by atoms with Crippen molar-refractivity contribution >= 4 is 5.97 Å². The molecule has 0 N–H and O–H groups in total. The molecule has 0 unspecified atom stereocenters. The van der Waals surface area contributed by atoms with Crippen molar-refractivity contribution < 1.29 is 14.1 Å². The largest absolute Gasteiger partial charge is 0.462 e. The van der Waals surface area contributed by atoms with Gasteiger partial charge >= 0.3 is 5.97 Å². The van der Waals surface area contributed by atoms with E-state index in [9.17, 15) is 4.79 Å². The summed E-state index contributed by atoms with van der Waals surface area (Å²) in [6, 6.07) is 7.76. The molecule has 18 heavy (non-hydrogen) atoms. The molecular weight excluding hydrogens is 230 g/mol. The van der Waals surface area contributed by atoms with Gasteiger partial charge in [0.05, 0.1) is 6.61 Å². The summed E-state index contributed by atoms with van der Waals surface area (Å²) in [4.78, 5) is 11.9. The van der Waals surface area contributed by atoms with Crippen molar-refractivity contribution in [3.63, 3.8) is 0 Å². The van der Waals surface area contributed by atoms with Gasteiger partial charge in [0.1, 0.15) is 17.0 Å². The van der Waals surface area contributed by atoms with Crippen molar-refractivity contribution in [3.8, 4) is 11.3 Å². The van der Waals surface area contributed by atoms with Gasteiger partial charge in [-0.3, -0.25) is 0 Å². The lowest BCUT2D eigenvalue weighted by atomic mass is 10.0. The molecule has 1 aromatic heterocycles. The van der Waals surface area contributed by atoms with E-state index in [1.54, 1.807) is 13.8 Å². The molecular formula is C14H15NO3. The number of hydrogen-bond donors (Lipinski definition) is 0. The van der Waals surface area contributed by atoms with E-state index >= 15 is 0 Å². The lowest BCUT2D eigenvalue weighted by Gasteiger charge is -2.03. The molecule has 0 atom stereocenters. The smallest absolute Gasteiger partial charge is 0.344 e. The van der Waals surface area contributed by atoms with Gasteiger partial charge in [0, 0.05) is 5.56 Å². The van der Waals surface area contributed by atoms with Crippen LogP contribution in [-0.2, 0) is 4.74 Å². The Bertz CT molecular complexity index is 572. The van der Waals surface area contributed by atoms with Crippen LogP contribution in [0.3, 0.4) is 0 Å². The van der Waals surface area contributed by atoms with E-state index in [1.807, 2.05) is 31.2 Å². The maximum absolute atomic E-state index is 11.9. The molecule has 4 nitrogen and oxygen atoms in total. The zero-order chi connectivity index (χ0) is 13.1. The minimum atomic E-state index is -0.396. The summed E-state index contributed by atoms with van der Waals surface area (Å²) in [7, 11) is 0. The summed E-state index contributed by atoms with van der Waals surface area (Å²) < 4.78 is 10.1. The molecule has 1 aromatic carbocycles. The first-order valence-corrected chi connectivity index (χ1v) is 5.84. The summed E-state index contributed by atoms with van der Waals surface area (Å²) in [5.41, 5.74) is 2.90. The Morgan fingerprint density at radius 1 is 1.39 bits per heavy atom. The van der Waals surface area contributed by atoms with Gasteiger partial charge in [0.2, 0.25) is 0 Å². The highest BCUT2D eigenvalue weighted by molar-refractivity contribution is 5.97. The molecule has 0 fully saturated rings. The summed E-state index contributed by atoms with van der Waals surface area (Å²) in [5, 5.41) is 3.95. The molecule has 0 spiro atoms.